The highest BCUT2D eigenvalue weighted by Gasteiger charge is 2.00. The van der Waals surface area contributed by atoms with Crippen LogP contribution >= 0.6 is 0 Å². The smallest absolute Gasteiger partial charge is 0.407 e. The summed E-state index contributed by atoms with van der Waals surface area (Å²) in [6.07, 6.45) is 0.902. The Labute approximate surface area is 141 Å². The molecule has 2 aromatic rings. The van der Waals surface area contributed by atoms with Crippen molar-refractivity contribution in [2.45, 2.75) is 20.0 Å². The molecule has 0 fully saturated rings. The van der Waals surface area contributed by atoms with E-state index < -0.39 is 6.09 Å². The minimum absolute atomic E-state index is 0.251. The molecule has 0 unspecified atom stereocenters. The van der Waals surface area contributed by atoms with Gasteiger partial charge in [0.15, 0.2) is 0 Å². The summed E-state index contributed by atoms with van der Waals surface area (Å²) in [5.74, 6) is 6.00. The van der Waals surface area contributed by atoms with Gasteiger partial charge in [0.2, 0.25) is 0 Å². The van der Waals surface area contributed by atoms with E-state index in [0.717, 1.165) is 23.0 Å². The van der Waals surface area contributed by atoms with Gasteiger partial charge in [0.05, 0.1) is 0 Å². The van der Waals surface area contributed by atoms with Crippen LogP contribution in [-0.2, 0) is 11.3 Å². The van der Waals surface area contributed by atoms with Gasteiger partial charge in [0, 0.05) is 24.1 Å². The zero-order valence-electron chi connectivity index (χ0n) is 13.5. The zero-order valence-corrected chi connectivity index (χ0v) is 13.5. The first kappa shape index (κ1) is 17.3. The van der Waals surface area contributed by atoms with Gasteiger partial charge in [-0.3, -0.25) is 4.79 Å². The molecule has 0 bridgehead atoms. The van der Waals surface area contributed by atoms with E-state index in [2.05, 4.69) is 17.2 Å². The molecule has 4 nitrogen and oxygen atoms in total. The molecule has 0 atom stereocenters. The Morgan fingerprint density at radius 2 is 2.00 bits per heavy atom. The Morgan fingerprint density at radius 1 is 1.21 bits per heavy atom. The number of amides is 1. The molecule has 0 spiro atoms. The molecular formula is C20H19NO3. The highest BCUT2D eigenvalue weighted by atomic mass is 16.5. The first-order valence-electron chi connectivity index (χ1n) is 7.68. The third kappa shape index (κ3) is 5.62. The van der Waals surface area contributed by atoms with Crippen molar-refractivity contribution < 1.29 is 14.3 Å². The van der Waals surface area contributed by atoms with E-state index in [1.807, 2.05) is 49.4 Å². The summed E-state index contributed by atoms with van der Waals surface area (Å²) >= 11 is 0. The fraction of sp³-hybridized carbons (Fsp3) is 0.200. The lowest BCUT2D eigenvalue weighted by molar-refractivity contribution is 0.112. The quantitative estimate of drug-likeness (QED) is 0.521. The highest BCUT2D eigenvalue weighted by molar-refractivity contribution is 5.77. The summed E-state index contributed by atoms with van der Waals surface area (Å²) in [6, 6.07) is 14.9. The molecule has 4 heteroatoms. The summed E-state index contributed by atoms with van der Waals surface area (Å²) in [7, 11) is 0. The van der Waals surface area contributed by atoms with Crippen molar-refractivity contribution in [3.63, 3.8) is 0 Å². The van der Waals surface area contributed by atoms with Gasteiger partial charge >= 0.3 is 6.09 Å². The third-order valence-electron chi connectivity index (χ3n) is 3.36. The van der Waals surface area contributed by atoms with Gasteiger partial charge in [-0.2, -0.15) is 0 Å². The second-order valence-corrected chi connectivity index (χ2v) is 5.23. The second kappa shape index (κ2) is 9.16. The van der Waals surface area contributed by atoms with Crippen molar-refractivity contribution in [1.29, 1.82) is 0 Å². The average Bonchev–Trinajstić information content (AvgIpc) is 2.61. The lowest BCUT2D eigenvalue weighted by Crippen LogP contribution is -2.24. The normalized spacial score (nSPS) is 9.54. The standard InChI is InChI=1S/C20H19NO3/c1-16-13-17(10-11-19(16)14-22)7-5-6-12-21-20(23)24-15-18-8-3-2-4-9-18/h2-4,8-11,13-14H,6,12,15H2,1H3,(H,21,23). The molecule has 2 aromatic carbocycles. The summed E-state index contributed by atoms with van der Waals surface area (Å²) in [5, 5.41) is 2.66. The van der Waals surface area contributed by atoms with E-state index in [1.54, 1.807) is 6.07 Å². The third-order valence-corrected chi connectivity index (χ3v) is 3.36. The van der Waals surface area contributed by atoms with E-state index in [0.29, 0.717) is 18.5 Å². The van der Waals surface area contributed by atoms with Crippen LogP contribution in [0.5, 0.6) is 0 Å². The van der Waals surface area contributed by atoms with Crippen LogP contribution in [0.25, 0.3) is 0 Å². The van der Waals surface area contributed by atoms with E-state index in [-0.39, 0.29) is 6.61 Å². The van der Waals surface area contributed by atoms with Crippen molar-refractivity contribution in [2.24, 2.45) is 0 Å². The molecule has 24 heavy (non-hydrogen) atoms. The minimum atomic E-state index is -0.452. The second-order valence-electron chi connectivity index (χ2n) is 5.23. The predicted molar refractivity (Wildman–Crippen MR) is 92.7 cm³/mol. The average molecular weight is 321 g/mol. The van der Waals surface area contributed by atoms with E-state index in [9.17, 15) is 9.59 Å². The monoisotopic (exact) mass is 321 g/mol. The molecule has 0 aromatic heterocycles. The number of hydrogen-bond donors (Lipinski definition) is 1. The minimum Gasteiger partial charge on any atom is -0.445 e. The maximum Gasteiger partial charge on any atom is 0.407 e. The van der Waals surface area contributed by atoms with Crippen LogP contribution in [0.2, 0.25) is 0 Å². The highest BCUT2D eigenvalue weighted by Crippen LogP contribution is 2.08. The Bertz CT molecular complexity index is 757. The molecule has 0 saturated heterocycles. The van der Waals surface area contributed by atoms with Crippen molar-refractivity contribution in [1.82, 2.24) is 5.32 Å². The Kier molecular flexibility index (Phi) is 6.60. The van der Waals surface area contributed by atoms with Crippen molar-refractivity contribution >= 4 is 12.4 Å². The SMILES string of the molecule is Cc1cc(C#CCCNC(=O)OCc2ccccc2)ccc1C=O. The molecule has 0 aliphatic heterocycles. The van der Waals surface area contributed by atoms with Crippen LogP contribution in [0.3, 0.4) is 0 Å². The van der Waals surface area contributed by atoms with Crippen LogP contribution in [0.1, 0.15) is 33.5 Å². The van der Waals surface area contributed by atoms with Crippen LogP contribution in [0.4, 0.5) is 4.79 Å². The van der Waals surface area contributed by atoms with E-state index in [4.69, 9.17) is 4.74 Å². The Morgan fingerprint density at radius 3 is 2.71 bits per heavy atom. The number of alkyl carbamates (subject to hydrolysis) is 1. The largest absolute Gasteiger partial charge is 0.445 e. The number of aryl methyl sites for hydroxylation is 1. The number of nitrogens with one attached hydrogen (secondary N) is 1. The summed E-state index contributed by atoms with van der Waals surface area (Å²) in [5.41, 5.74) is 3.37. The molecular weight excluding hydrogens is 302 g/mol. The van der Waals surface area contributed by atoms with Gasteiger partial charge in [-0.1, -0.05) is 48.2 Å². The molecule has 1 N–H and O–H groups in total. The first-order chi connectivity index (χ1) is 11.7. The molecule has 122 valence electrons. The predicted octanol–water partition coefficient (Wildman–Crippen LogP) is 3.48. The molecule has 0 aliphatic carbocycles. The van der Waals surface area contributed by atoms with Gasteiger partial charge in [-0.05, 0) is 30.2 Å². The Hall–Kier alpha value is -3.06. The van der Waals surface area contributed by atoms with Crippen molar-refractivity contribution in [3.05, 3.63) is 70.8 Å². The molecule has 0 heterocycles. The van der Waals surface area contributed by atoms with Gasteiger partial charge in [-0.15, -0.1) is 0 Å². The molecule has 0 saturated carbocycles. The number of carbonyl (C=O) groups is 2. The van der Waals surface area contributed by atoms with Gasteiger partial charge in [0.25, 0.3) is 0 Å². The van der Waals surface area contributed by atoms with Crippen molar-refractivity contribution in [2.75, 3.05) is 6.54 Å². The fourth-order valence-corrected chi connectivity index (χ4v) is 2.05. The molecule has 2 rings (SSSR count). The number of carbonyl (C=O) groups excluding carboxylic acids is 2. The summed E-state index contributed by atoms with van der Waals surface area (Å²) in [6.45, 7) is 2.55. The number of rotatable bonds is 5. The van der Waals surface area contributed by atoms with Gasteiger partial charge < -0.3 is 10.1 Å². The van der Waals surface area contributed by atoms with E-state index >= 15 is 0 Å². The van der Waals surface area contributed by atoms with E-state index in [1.165, 1.54) is 0 Å². The number of benzene rings is 2. The van der Waals surface area contributed by atoms with Gasteiger partial charge in [-0.25, -0.2) is 4.79 Å². The first-order valence-corrected chi connectivity index (χ1v) is 7.68. The van der Waals surface area contributed by atoms with Crippen LogP contribution in [-0.4, -0.2) is 18.9 Å². The van der Waals surface area contributed by atoms with Crippen molar-refractivity contribution in [3.8, 4) is 11.8 Å². The Balaban J connectivity index is 1.70. The lowest BCUT2D eigenvalue weighted by Gasteiger charge is -2.05. The summed E-state index contributed by atoms with van der Waals surface area (Å²) < 4.78 is 5.10. The zero-order chi connectivity index (χ0) is 17.2. The topological polar surface area (TPSA) is 55.4 Å². The van der Waals surface area contributed by atoms with Crippen LogP contribution in [0, 0.1) is 18.8 Å². The molecule has 0 radical (unpaired) electrons. The maximum absolute atomic E-state index is 11.6. The maximum atomic E-state index is 11.6. The van der Waals surface area contributed by atoms with Crippen LogP contribution < -0.4 is 5.32 Å². The van der Waals surface area contributed by atoms with Crippen LogP contribution in [0.15, 0.2) is 48.5 Å². The fourth-order valence-electron chi connectivity index (χ4n) is 2.05. The van der Waals surface area contributed by atoms with Gasteiger partial charge in [0.1, 0.15) is 12.9 Å². The number of ether oxygens (including phenoxy) is 1. The lowest BCUT2D eigenvalue weighted by atomic mass is 10.1. The number of aldehydes is 1. The molecule has 1 amide bonds. The molecule has 0 aliphatic rings. The summed E-state index contributed by atoms with van der Waals surface area (Å²) in [4.78, 5) is 22.3. The number of hydrogen-bond acceptors (Lipinski definition) is 3.